The van der Waals surface area contributed by atoms with Crippen LogP contribution in [0.5, 0.6) is 0 Å². The van der Waals surface area contributed by atoms with E-state index < -0.39 is 24.2 Å². The van der Waals surface area contributed by atoms with Crippen molar-refractivity contribution < 1.29 is 46.7 Å². The highest BCUT2D eigenvalue weighted by Gasteiger charge is 2.49. The maximum atomic E-state index is 13.1. The molecule has 1 unspecified atom stereocenters. The zero-order valence-corrected chi connectivity index (χ0v) is 20.8. The van der Waals surface area contributed by atoms with Gasteiger partial charge in [-0.15, -0.1) is 0 Å². The van der Waals surface area contributed by atoms with Crippen LogP contribution in [0.15, 0.2) is 60.7 Å². The molecule has 2 aromatic carbocycles. The summed E-state index contributed by atoms with van der Waals surface area (Å²) in [7, 11) is 0. The van der Waals surface area contributed by atoms with Crippen LogP contribution in [-0.2, 0) is 19.1 Å². The topological polar surface area (TPSA) is 113 Å². The van der Waals surface area contributed by atoms with E-state index in [1.54, 1.807) is 0 Å². The van der Waals surface area contributed by atoms with E-state index in [1.807, 2.05) is 60.7 Å². The summed E-state index contributed by atoms with van der Waals surface area (Å²) in [4.78, 5) is 46.4. The number of fused-ring (bicyclic) bond motifs is 3. The first-order chi connectivity index (χ1) is 17.9. The molecule has 0 spiro atoms. The maximum absolute atomic E-state index is 13.1. The first-order valence-corrected chi connectivity index (χ1v) is 12.1. The van der Waals surface area contributed by atoms with Crippen LogP contribution < -0.4 is 10.4 Å². The first kappa shape index (κ1) is 28.8. The summed E-state index contributed by atoms with van der Waals surface area (Å²) < 4.78 is 38.2. The maximum Gasteiger partial charge on any atom is 0.430 e. The predicted molar refractivity (Wildman–Crippen MR) is 127 cm³/mol. The highest BCUT2D eigenvalue weighted by Crippen LogP contribution is 2.36. The second kappa shape index (κ2) is 12.2. The Morgan fingerprint density at radius 3 is 2.03 bits per heavy atom. The molecule has 1 N–H and O–H groups in total. The number of halogens is 3. The molecule has 204 valence electrons. The SMILES string of the molecule is CC(=O)NC(C(=O)O[C@H]1C[N+]2(CC(=O)c3ccccc3)CCC1CC2)c1ccccc1.O=C([O-])C(F)(F)F. The van der Waals surface area contributed by atoms with Crippen LogP contribution in [0, 0.1) is 5.92 Å². The van der Waals surface area contributed by atoms with E-state index in [2.05, 4.69) is 5.32 Å². The number of esters is 1. The van der Waals surface area contributed by atoms with E-state index >= 15 is 0 Å². The van der Waals surface area contributed by atoms with E-state index in [4.69, 9.17) is 14.6 Å². The number of nitrogens with one attached hydrogen (secondary N) is 1. The molecular formula is C27H29F3N2O6. The van der Waals surface area contributed by atoms with Crippen LogP contribution >= 0.6 is 0 Å². The Labute approximate surface area is 218 Å². The van der Waals surface area contributed by atoms with Crippen molar-refractivity contribution in [3.63, 3.8) is 0 Å². The van der Waals surface area contributed by atoms with E-state index in [9.17, 15) is 27.6 Å². The van der Waals surface area contributed by atoms with Crippen LogP contribution in [-0.4, -0.2) is 66.6 Å². The number of piperidine rings is 3. The number of carbonyl (C=O) groups excluding carboxylic acids is 4. The number of aliphatic carboxylic acids is 1. The number of hydrogen-bond acceptors (Lipinski definition) is 6. The van der Waals surface area contributed by atoms with Gasteiger partial charge in [0, 0.05) is 31.2 Å². The van der Waals surface area contributed by atoms with Crippen LogP contribution in [0.3, 0.4) is 0 Å². The Morgan fingerprint density at radius 1 is 1.00 bits per heavy atom. The number of hydrogen-bond donors (Lipinski definition) is 1. The molecule has 0 aromatic heterocycles. The molecule has 3 fully saturated rings. The summed E-state index contributed by atoms with van der Waals surface area (Å²) in [6, 6.07) is 17.7. The minimum Gasteiger partial charge on any atom is -0.542 e. The molecule has 2 aromatic rings. The second-order valence-electron chi connectivity index (χ2n) is 9.56. The Kier molecular flexibility index (Phi) is 9.26. The number of alkyl halides is 3. The minimum atomic E-state index is -5.19. The molecule has 38 heavy (non-hydrogen) atoms. The molecule has 3 aliphatic rings. The normalized spacial score (nSPS) is 22.8. The predicted octanol–water partition coefficient (Wildman–Crippen LogP) is 2.20. The molecule has 8 nitrogen and oxygen atoms in total. The van der Waals surface area contributed by atoms with Crippen molar-refractivity contribution in [1.82, 2.24) is 5.32 Å². The zero-order chi connectivity index (χ0) is 27.9. The van der Waals surface area contributed by atoms with Crippen LogP contribution in [0.1, 0.15) is 41.7 Å². The number of quaternary nitrogens is 1. The average Bonchev–Trinajstić information content (AvgIpc) is 2.88. The third kappa shape index (κ3) is 7.64. The molecule has 1 amide bonds. The van der Waals surface area contributed by atoms with Gasteiger partial charge in [0.2, 0.25) is 11.7 Å². The van der Waals surface area contributed by atoms with E-state index in [0.29, 0.717) is 29.1 Å². The van der Waals surface area contributed by atoms with Gasteiger partial charge < -0.3 is 24.4 Å². The van der Waals surface area contributed by atoms with Crippen molar-refractivity contribution in [2.45, 2.75) is 38.1 Å². The Bertz CT molecular complexity index is 1130. The fourth-order valence-electron chi connectivity index (χ4n) is 4.94. The van der Waals surface area contributed by atoms with Gasteiger partial charge in [-0.25, -0.2) is 4.79 Å². The highest BCUT2D eigenvalue weighted by molar-refractivity contribution is 5.97. The van der Waals surface area contributed by atoms with Gasteiger partial charge in [-0.2, -0.15) is 13.2 Å². The lowest BCUT2D eigenvalue weighted by Crippen LogP contribution is -2.66. The van der Waals surface area contributed by atoms with Crippen molar-refractivity contribution in [3.05, 3.63) is 71.8 Å². The number of carbonyl (C=O) groups is 4. The van der Waals surface area contributed by atoms with Crippen molar-refractivity contribution in [1.29, 1.82) is 0 Å². The molecule has 3 heterocycles. The number of carboxylic acids is 1. The largest absolute Gasteiger partial charge is 0.542 e. The first-order valence-electron chi connectivity index (χ1n) is 12.1. The van der Waals surface area contributed by atoms with Crippen LogP contribution in [0.25, 0.3) is 0 Å². The van der Waals surface area contributed by atoms with E-state index in [1.165, 1.54) is 6.92 Å². The molecule has 11 heteroatoms. The summed E-state index contributed by atoms with van der Waals surface area (Å²) in [5.74, 6) is -3.28. The Balaban J connectivity index is 0.000000505. The van der Waals surface area contributed by atoms with Gasteiger partial charge in [0.1, 0.15) is 19.1 Å². The third-order valence-electron chi connectivity index (χ3n) is 6.83. The van der Waals surface area contributed by atoms with Gasteiger partial charge in [0.15, 0.2) is 12.1 Å². The molecule has 2 bridgehead atoms. The number of nitrogens with zero attached hydrogens (tertiary/aromatic N) is 1. The lowest BCUT2D eigenvalue weighted by atomic mass is 9.82. The quantitative estimate of drug-likeness (QED) is 0.331. The zero-order valence-electron chi connectivity index (χ0n) is 20.8. The number of rotatable bonds is 7. The summed E-state index contributed by atoms with van der Waals surface area (Å²) >= 11 is 0. The van der Waals surface area contributed by atoms with Gasteiger partial charge in [-0.3, -0.25) is 9.59 Å². The average molecular weight is 535 g/mol. The fourth-order valence-corrected chi connectivity index (χ4v) is 4.94. The smallest absolute Gasteiger partial charge is 0.430 e. The number of amides is 1. The standard InChI is InChI=1S/C25H28N2O4.C2HF3O2/c1-18(28)26-24(21-10-6-3-7-11-21)25(30)31-23-17-27(14-12-20(23)13-15-27)16-22(29)19-8-4-2-5-9-19;3-2(4,5)1(6)7/h2-11,20,23-24H,12-17H2,1H3;(H,6,7)/t20?,23-,24?,27?;/m0./s1. The van der Waals surface area contributed by atoms with Crippen molar-refractivity contribution >= 4 is 23.6 Å². The number of ether oxygens (including phenoxy) is 1. The molecule has 3 saturated heterocycles. The summed E-state index contributed by atoms with van der Waals surface area (Å²) in [6.07, 6.45) is -3.55. The van der Waals surface area contributed by atoms with Gasteiger partial charge in [-0.05, 0) is 5.56 Å². The lowest BCUT2D eigenvalue weighted by molar-refractivity contribution is -0.938. The van der Waals surface area contributed by atoms with E-state index in [0.717, 1.165) is 31.5 Å². The number of benzene rings is 2. The monoisotopic (exact) mass is 534 g/mol. The van der Waals surface area contributed by atoms with Gasteiger partial charge in [0.05, 0.1) is 13.1 Å². The summed E-state index contributed by atoms with van der Waals surface area (Å²) in [5, 5.41) is 11.5. The molecule has 5 rings (SSSR count). The molecule has 2 atom stereocenters. The fraction of sp³-hybridized carbons (Fsp3) is 0.407. The number of ketones is 1. The summed E-state index contributed by atoms with van der Waals surface area (Å²) in [5.41, 5.74) is 1.43. The van der Waals surface area contributed by atoms with Gasteiger partial charge >= 0.3 is 12.1 Å². The van der Waals surface area contributed by atoms with Crippen molar-refractivity contribution in [2.24, 2.45) is 5.92 Å². The molecule has 0 aliphatic carbocycles. The van der Waals surface area contributed by atoms with Gasteiger partial charge in [0.25, 0.3) is 0 Å². The Hall–Kier alpha value is -3.73. The Morgan fingerprint density at radius 2 is 1.53 bits per heavy atom. The molecule has 0 radical (unpaired) electrons. The number of Topliss-reactive ketones (excluding diaryl/α,β-unsaturated/α-hetero) is 1. The van der Waals surface area contributed by atoms with E-state index in [-0.39, 0.29) is 17.8 Å². The van der Waals surface area contributed by atoms with Crippen molar-refractivity contribution in [3.8, 4) is 0 Å². The summed E-state index contributed by atoms with van der Waals surface area (Å²) in [6.45, 7) is 4.35. The minimum absolute atomic E-state index is 0.131. The molecule has 3 aliphatic heterocycles. The highest BCUT2D eigenvalue weighted by atomic mass is 19.4. The van der Waals surface area contributed by atoms with Crippen LogP contribution in [0.4, 0.5) is 13.2 Å². The molecule has 0 saturated carbocycles. The van der Waals surface area contributed by atoms with Gasteiger partial charge in [-0.1, -0.05) is 60.7 Å². The second-order valence-corrected chi connectivity index (χ2v) is 9.56. The lowest BCUT2D eigenvalue weighted by Gasteiger charge is -2.51. The molecular weight excluding hydrogens is 505 g/mol. The van der Waals surface area contributed by atoms with Crippen molar-refractivity contribution in [2.75, 3.05) is 26.2 Å². The third-order valence-corrected chi connectivity index (χ3v) is 6.83. The van der Waals surface area contributed by atoms with Crippen LogP contribution in [0.2, 0.25) is 0 Å². The number of carboxylic acid groups (broad SMARTS) is 1.